The van der Waals surface area contributed by atoms with Crippen LogP contribution in [0, 0.1) is 0 Å². The molecule has 1 aromatic carbocycles. The van der Waals surface area contributed by atoms with Gasteiger partial charge in [-0.15, -0.1) is 0 Å². The first kappa shape index (κ1) is 17.9. The van der Waals surface area contributed by atoms with Crippen LogP contribution in [0.5, 0.6) is 0 Å². The summed E-state index contributed by atoms with van der Waals surface area (Å²) in [6.45, 7) is 0. The van der Waals surface area contributed by atoms with Crippen LogP contribution in [-0.4, -0.2) is 18.1 Å². The second kappa shape index (κ2) is 7.00. The topological polar surface area (TPSA) is 39.2 Å². The number of halogens is 6. The first-order valence-electron chi connectivity index (χ1n) is 5.55. The van der Waals surface area contributed by atoms with E-state index < -0.39 is 5.97 Å². The number of benzene rings is 1. The van der Waals surface area contributed by atoms with Crippen molar-refractivity contribution in [2.75, 3.05) is 7.11 Å². The van der Waals surface area contributed by atoms with Gasteiger partial charge in [0, 0.05) is 11.8 Å². The van der Waals surface area contributed by atoms with Gasteiger partial charge >= 0.3 is 5.97 Å². The van der Waals surface area contributed by atoms with Crippen LogP contribution in [0.15, 0.2) is 12.3 Å². The van der Waals surface area contributed by atoms with E-state index in [9.17, 15) is 4.79 Å². The van der Waals surface area contributed by atoms with E-state index in [1.165, 1.54) is 19.4 Å². The van der Waals surface area contributed by atoms with Gasteiger partial charge in [0.2, 0.25) is 0 Å². The number of carbonyl (C=O) groups excluding carboxylic acids is 1. The quantitative estimate of drug-likeness (QED) is 0.318. The Bertz CT molecular complexity index is 749. The van der Waals surface area contributed by atoms with Crippen molar-refractivity contribution in [1.29, 1.82) is 0 Å². The number of esters is 1. The molecule has 3 nitrogen and oxygen atoms in total. The molecular weight excluding hydrogens is 415 g/mol. The SMILES string of the molecule is COC(=O)c1cc(Cl)cnc1-c1c(Cl)c(Cl)c(Cl)c(Cl)c1Cl. The Morgan fingerprint density at radius 1 is 0.955 bits per heavy atom. The summed E-state index contributed by atoms with van der Waals surface area (Å²) in [5.41, 5.74) is 0.361. The molecule has 116 valence electrons. The molecule has 0 N–H and O–H groups in total. The first-order valence-corrected chi connectivity index (χ1v) is 7.82. The summed E-state index contributed by atoms with van der Waals surface area (Å²) in [6, 6.07) is 1.37. The molecule has 0 spiro atoms. The van der Waals surface area contributed by atoms with Crippen molar-refractivity contribution in [1.82, 2.24) is 4.98 Å². The maximum absolute atomic E-state index is 11.9. The molecule has 0 aliphatic heterocycles. The highest BCUT2D eigenvalue weighted by molar-refractivity contribution is 6.56. The maximum atomic E-state index is 11.9. The Kier molecular flexibility index (Phi) is 5.70. The van der Waals surface area contributed by atoms with E-state index in [2.05, 4.69) is 4.98 Å². The normalized spacial score (nSPS) is 10.7. The summed E-state index contributed by atoms with van der Waals surface area (Å²) in [7, 11) is 1.22. The predicted octanol–water partition coefficient (Wildman–Crippen LogP) is 6.46. The van der Waals surface area contributed by atoms with Crippen LogP contribution in [0.1, 0.15) is 10.4 Å². The van der Waals surface area contributed by atoms with Gasteiger partial charge in [-0.2, -0.15) is 0 Å². The second-order valence-electron chi connectivity index (χ2n) is 3.99. The zero-order valence-electron chi connectivity index (χ0n) is 10.7. The van der Waals surface area contributed by atoms with Gasteiger partial charge in [0.1, 0.15) is 0 Å². The monoisotopic (exact) mass is 417 g/mol. The van der Waals surface area contributed by atoms with Crippen molar-refractivity contribution in [3.05, 3.63) is 48.0 Å². The van der Waals surface area contributed by atoms with Crippen LogP contribution in [0.2, 0.25) is 30.1 Å². The highest BCUT2D eigenvalue weighted by Gasteiger charge is 2.25. The summed E-state index contributed by atoms with van der Waals surface area (Å²) in [5, 5.41) is 0.279. The lowest BCUT2D eigenvalue weighted by Gasteiger charge is -2.14. The summed E-state index contributed by atoms with van der Waals surface area (Å²) in [5.74, 6) is -0.667. The smallest absolute Gasteiger partial charge is 0.340 e. The lowest BCUT2D eigenvalue weighted by molar-refractivity contribution is 0.0601. The molecular formula is C13H5Cl6NO2. The Morgan fingerprint density at radius 3 is 1.95 bits per heavy atom. The third-order valence-corrected chi connectivity index (χ3v) is 5.19. The van der Waals surface area contributed by atoms with Gasteiger partial charge in [-0.05, 0) is 6.07 Å². The van der Waals surface area contributed by atoms with Crippen molar-refractivity contribution in [3.63, 3.8) is 0 Å². The fourth-order valence-electron chi connectivity index (χ4n) is 1.72. The van der Waals surface area contributed by atoms with E-state index in [0.717, 1.165) is 0 Å². The minimum absolute atomic E-state index is 0.000277. The van der Waals surface area contributed by atoms with E-state index in [0.29, 0.717) is 0 Å². The Hall–Kier alpha value is -0.420. The van der Waals surface area contributed by atoms with Gasteiger partial charge in [-0.3, -0.25) is 4.98 Å². The Labute approximate surface area is 156 Å². The summed E-state index contributed by atoms with van der Waals surface area (Å²) >= 11 is 36.2. The fourth-order valence-corrected chi connectivity index (χ4v) is 3.19. The molecule has 0 radical (unpaired) electrons. The maximum Gasteiger partial charge on any atom is 0.340 e. The van der Waals surface area contributed by atoms with Gasteiger partial charge in [0.05, 0.1) is 48.5 Å². The van der Waals surface area contributed by atoms with Crippen molar-refractivity contribution in [2.45, 2.75) is 0 Å². The number of methoxy groups -OCH3 is 1. The van der Waals surface area contributed by atoms with E-state index in [1.807, 2.05) is 0 Å². The van der Waals surface area contributed by atoms with Gasteiger partial charge in [0.25, 0.3) is 0 Å². The molecule has 0 saturated heterocycles. The van der Waals surface area contributed by atoms with Gasteiger partial charge < -0.3 is 4.74 Å². The fraction of sp³-hybridized carbons (Fsp3) is 0.0769. The number of pyridine rings is 1. The van der Waals surface area contributed by atoms with Crippen molar-refractivity contribution in [2.24, 2.45) is 0 Å². The summed E-state index contributed by atoms with van der Waals surface area (Å²) in [6.07, 6.45) is 1.33. The summed E-state index contributed by atoms with van der Waals surface area (Å²) in [4.78, 5) is 16.0. The number of hydrogen-bond acceptors (Lipinski definition) is 3. The van der Waals surface area contributed by atoms with E-state index >= 15 is 0 Å². The standard InChI is InChI=1S/C13H5Cl6NO2/c1-22-13(21)5-2-4(14)3-20-12(5)6-7(15)9(17)11(19)10(18)8(6)16/h2-3H,1H3. The first-order chi connectivity index (χ1) is 10.3. The largest absolute Gasteiger partial charge is 0.465 e. The predicted molar refractivity (Wildman–Crippen MR) is 91.1 cm³/mol. The van der Waals surface area contributed by atoms with E-state index in [-0.39, 0.29) is 47.0 Å². The van der Waals surface area contributed by atoms with Crippen LogP contribution < -0.4 is 0 Å². The molecule has 2 rings (SSSR count). The third kappa shape index (κ3) is 3.12. The van der Waals surface area contributed by atoms with Crippen LogP contribution in [-0.2, 0) is 4.74 Å². The van der Waals surface area contributed by atoms with Gasteiger partial charge in [0.15, 0.2) is 0 Å². The van der Waals surface area contributed by atoms with Crippen molar-refractivity contribution in [3.8, 4) is 11.3 Å². The molecule has 0 aliphatic rings. The highest BCUT2D eigenvalue weighted by Crippen LogP contribution is 2.48. The average molecular weight is 420 g/mol. The van der Waals surface area contributed by atoms with E-state index in [1.54, 1.807) is 0 Å². The molecule has 0 unspecified atom stereocenters. The molecule has 0 aliphatic carbocycles. The van der Waals surface area contributed by atoms with Crippen molar-refractivity contribution < 1.29 is 9.53 Å². The highest BCUT2D eigenvalue weighted by atomic mass is 35.5. The van der Waals surface area contributed by atoms with Crippen LogP contribution in [0.25, 0.3) is 11.3 Å². The zero-order chi connectivity index (χ0) is 16.6. The minimum atomic E-state index is -0.667. The molecule has 2 aromatic rings. The number of hydrogen-bond donors (Lipinski definition) is 0. The summed E-state index contributed by atoms with van der Waals surface area (Å²) < 4.78 is 4.70. The average Bonchev–Trinajstić information content (AvgIpc) is 2.51. The molecule has 1 aromatic heterocycles. The lowest BCUT2D eigenvalue weighted by Crippen LogP contribution is -2.06. The third-order valence-electron chi connectivity index (χ3n) is 2.71. The molecule has 0 fully saturated rings. The van der Waals surface area contributed by atoms with Crippen molar-refractivity contribution >= 4 is 75.6 Å². The molecule has 0 saturated carbocycles. The van der Waals surface area contributed by atoms with Crippen LogP contribution >= 0.6 is 69.6 Å². The van der Waals surface area contributed by atoms with Crippen LogP contribution in [0.3, 0.4) is 0 Å². The molecule has 0 atom stereocenters. The van der Waals surface area contributed by atoms with Crippen LogP contribution in [0.4, 0.5) is 0 Å². The Balaban J connectivity index is 2.86. The molecule has 0 amide bonds. The Morgan fingerprint density at radius 2 is 1.45 bits per heavy atom. The number of nitrogens with zero attached hydrogens (tertiary/aromatic N) is 1. The number of ether oxygens (including phenoxy) is 1. The van der Waals surface area contributed by atoms with Gasteiger partial charge in [-0.25, -0.2) is 4.79 Å². The lowest BCUT2D eigenvalue weighted by atomic mass is 10.1. The molecule has 9 heteroatoms. The molecule has 0 bridgehead atoms. The number of aromatic nitrogens is 1. The molecule has 22 heavy (non-hydrogen) atoms. The molecule has 1 heterocycles. The number of carbonyl (C=O) groups is 1. The number of rotatable bonds is 2. The second-order valence-corrected chi connectivity index (χ2v) is 6.31. The zero-order valence-corrected chi connectivity index (χ0v) is 15.2. The van der Waals surface area contributed by atoms with Gasteiger partial charge in [-0.1, -0.05) is 69.6 Å². The minimum Gasteiger partial charge on any atom is -0.465 e. The van der Waals surface area contributed by atoms with E-state index in [4.69, 9.17) is 74.3 Å².